The average molecular weight is 407 g/mol. The minimum absolute atomic E-state index is 0.579. The van der Waals surface area contributed by atoms with Crippen LogP contribution in [0.4, 0.5) is 16.6 Å². The molecule has 1 aromatic carbocycles. The van der Waals surface area contributed by atoms with E-state index in [1.54, 1.807) is 17.7 Å². The van der Waals surface area contributed by atoms with Crippen molar-refractivity contribution in [2.24, 2.45) is 0 Å². The fourth-order valence-electron chi connectivity index (χ4n) is 3.50. The molecule has 0 radical (unpaired) electrons. The first kappa shape index (κ1) is 18.0. The van der Waals surface area contributed by atoms with Crippen molar-refractivity contribution in [3.05, 3.63) is 53.9 Å². The molecule has 0 amide bonds. The summed E-state index contributed by atoms with van der Waals surface area (Å²) in [5.41, 5.74) is 2.83. The molecule has 148 valence electrons. The number of likely N-dealkylation sites (N-methyl/N-ethyl adjacent to an activating group) is 1. The van der Waals surface area contributed by atoms with E-state index in [2.05, 4.69) is 42.6 Å². The molecule has 1 aliphatic heterocycles. The maximum atomic E-state index is 4.70. The normalized spacial score (nSPS) is 15.1. The summed E-state index contributed by atoms with van der Waals surface area (Å²) in [4.78, 5) is 18.4. The summed E-state index contributed by atoms with van der Waals surface area (Å²) in [7, 11) is 2.15. The van der Waals surface area contributed by atoms with E-state index in [1.165, 1.54) is 0 Å². The molecule has 1 saturated heterocycles. The van der Waals surface area contributed by atoms with Gasteiger partial charge >= 0.3 is 0 Å². The van der Waals surface area contributed by atoms with Gasteiger partial charge in [-0.05, 0) is 19.2 Å². The number of aromatic nitrogens is 5. The van der Waals surface area contributed by atoms with E-state index in [4.69, 9.17) is 4.98 Å². The fraction of sp³-hybridized carbons (Fsp3) is 0.300. The molecule has 1 fully saturated rings. The fourth-order valence-corrected chi connectivity index (χ4v) is 4.22. The summed E-state index contributed by atoms with van der Waals surface area (Å²) in [6, 6.07) is 10.1. The van der Waals surface area contributed by atoms with Gasteiger partial charge < -0.3 is 15.1 Å². The van der Waals surface area contributed by atoms with Crippen LogP contribution in [0.3, 0.4) is 0 Å². The van der Waals surface area contributed by atoms with E-state index in [0.29, 0.717) is 6.54 Å². The predicted molar refractivity (Wildman–Crippen MR) is 116 cm³/mol. The van der Waals surface area contributed by atoms with Crippen LogP contribution in [0, 0.1) is 0 Å². The van der Waals surface area contributed by atoms with Gasteiger partial charge in [-0.1, -0.05) is 18.2 Å². The Bertz CT molecular complexity index is 1100. The Morgan fingerprint density at radius 1 is 1.07 bits per heavy atom. The highest BCUT2D eigenvalue weighted by atomic mass is 32.1. The number of thiazole rings is 1. The number of piperazine rings is 1. The number of fused-ring (bicyclic) bond motifs is 1. The van der Waals surface area contributed by atoms with E-state index >= 15 is 0 Å². The second-order valence-electron chi connectivity index (χ2n) is 7.16. The van der Waals surface area contributed by atoms with Crippen LogP contribution in [0.5, 0.6) is 0 Å². The van der Waals surface area contributed by atoms with Crippen molar-refractivity contribution in [2.75, 3.05) is 43.4 Å². The standard InChI is InChI=1S/C20H22N8S/c1-26-7-9-27(10-8-26)18-17-11-23-28(19(17)22-14-21-18)12-16-13-29-20(25-16)24-15-5-3-2-4-6-15/h2-6,11,13-14H,7-10,12H2,1H3,(H,24,25). The Kier molecular flexibility index (Phi) is 4.82. The Hall–Kier alpha value is -3.04. The van der Waals surface area contributed by atoms with Crippen molar-refractivity contribution < 1.29 is 0 Å². The number of para-hydroxylation sites is 1. The summed E-state index contributed by atoms with van der Waals surface area (Å²) in [5.74, 6) is 0.971. The molecule has 0 saturated carbocycles. The summed E-state index contributed by atoms with van der Waals surface area (Å²) in [6.07, 6.45) is 3.51. The van der Waals surface area contributed by atoms with Crippen molar-refractivity contribution in [2.45, 2.75) is 6.54 Å². The topological polar surface area (TPSA) is 75.0 Å². The Labute approximate surface area is 172 Å². The lowest BCUT2D eigenvalue weighted by molar-refractivity contribution is 0.312. The molecule has 4 aromatic rings. The van der Waals surface area contributed by atoms with Crippen LogP contribution >= 0.6 is 11.3 Å². The molecule has 0 spiro atoms. The highest BCUT2D eigenvalue weighted by molar-refractivity contribution is 7.13. The van der Waals surface area contributed by atoms with Gasteiger partial charge in [0.25, 0.3) is 0 Å². The maximum absolute atomic E-state index is 4.70. The first-order valence-corrected chi connectivity index (χ1v) is 10.5. The van der Waals surface area contributed by atoms with E-state index < -0.39 is 0 Å². The monoisotopic (exact) mass is 406 g/mol. The molecule has 1 aliphatic rings. The molecule has 1 N–H and O–H groups in total. The Balaban J connectivity index is 1.36. The van der Waals surface area contributed by atoms with Crippen LogP contribution in [0.1, 0.15) is 5.69 Å². The highest BCUT2D eigenvalue weighted by Gasteiger charge is 2.19. The number of rotatable bonds is 5. The highest BCUT2D eigenvalue weighted by Crippen LogP contribution is 2.25. The lowest BCUT2D eigenvalue weighted by Gasteiger charge is -2.33. The maximum Gasteiger partial charge on any atom is 0.187 e. The van der Waals surface area contributed by atoms with Crippen LogP contribution in [-0.4, -0.2) is 62.9 Å². The van der Waals surface area contributed by atoms with Crippen LogP contribution in [-0.2, 0) is 6.54 Å². The molecular weight excluding hydrogens is 384 g/mol. The first-order chi connectivity index (χ1) is 14.3. The Morgan fingerprint density at radius 3 is 2.72 bits per heavy atom. The third-order valence-corrected chi connectivity index (χ3v) is 5.91. The van der Waals surface area contributed by atoms with Crippen molar-refractivity contribution in [3.63, 3.8) is 0 Å². The second kappa shape index (κ2) is 7.76. The molecule has 29 heavy (non-hydrogen) atoms. The van der Waals surface area contributed by atoms with Gasteiger partial charge in [0.2, 0.25) is 0 Å². The molecule has 4 heterocycles. The first-order valence-electron chi connectivity index (χ1n) is 9.63. The number of benzene rings is 1. The van der Waals surface area contributed by atoms with Crippen LogP contribution in [0.15, 0.2) is 48.2 Å². The molecular formula is C20H22N8S. The number of nitrogens with one attached hydrogen (secondary N) is 1. The van der Waals surface area contributed by atoms with E-state index in [0.717, 1.165) is 59.5 Å². The van der Waals surface area contributed by atoms with Gasteiger partial charge in [-0.25, -0.2) is 19.6 Å². The average Bonchev–Trinajstić information content (AvgIpc) is 3.37. The molecule has 5 rings (SSSR count). The van der Waals surface area contributed by atoms with Crippen molar-refractivity contribution in [3.8, 4) is 0 Å². The molecule has 8 nitrogen and oxygen atoms in total. The van der Waals surface area contributed by atoms with E-state index in [1.807, 2.05) is 41.2 Å². The zero-order chi connectivity index (χ0) is 19.6. The summed E-state index contributed by atoms with van der Waals surface area (Å²) in [5, 5.41) is 11.8. The minimum Gasteiger partial charge on any atom is -0.353 e. The van der Waals surface area contributed by atoms with Gasteiger partial charge in [-0.3, -0.25) is 0 Å². The lowest BCUT2D eigenvalue weighted by atomic mass is 10.3. The SMILES string of the molecule is CN1CCN(c2ncnc3c2cnn3Cc2csc(Nc3ccccc3)n2)CC1. The minimum atomic E-state index is 0.579. The van der Waals surface area contributed by atoms with Gasteiger partial charge in [0.15, 0.2) is 10.8 Å². The van der Waals surface area contributed by atoms with Crippen LogP contribution in [0.2, 0.25) is 0 Å². The van der Waals surface area contributed by atoms with Gasteiger partial charge in [-0.2, -0.15) is 5.10 Å². The summed E-state index contributed by atoms with van der Waals surface area (Å²) < 4.78 is 1.90. The van der Waals surface area contributed by atoms with E-state index in [9.17, 15) is 0 Å². The number of hydrogen-bond acceptors (Lipinski definition) is 8. The zero-order valence-corrected chi connectivity index (χ0v) is 17.0. The van der Waals surface area contributed by atoms with Gasteiger partial charge in [0, 0.05) is 37.2 Å². The largest absolute Gasteiger partial charge is 0.353 e. The summed E-state index contributed by atoms with van der Waals surface area (Å²) in [6.45, 7) is 4.59. The molecule has 9 heteroatoms. The van der Waals surface area contributed by atoms with Crippen molar-refractivity contribution in [1.82, 2.24) is 29.6 Å². The zero-order valence-electron chi connectivity index (χ0n) is 16.2. The Morgan fingerprint density at radius 2 is 1.90 bits per heavy atom. The molecule has 3 aromatic heterocycles. The smallest absolute Gasteiger partial charge is 0.187 e. The third-order valence-electron chi connectivity index (χ3n) is 5.10. The van der Waals surface area contributed by atoms with E-state index in [-0.39, 0.29) is 0 Å². The second-order valence-corrected chi connectivity index (χ2v) is 8.02. The molecule has 0 aliphatic carbocycles. The van der Waals surface area contributed by atoms with Crippen molar-refractivity contribution in [1.29, 1.82) is 0 Å². The number of anilines is 3. The summed E-state index contributed by atoms with van der Waals surface area (Å²) >= 11 is 1.59. The van der Waals surface area contributed by atoms with Crippen LogP contribution in [0.25, 0.3) is 11.0 Å². The van der Waals surface area contributed by atoms with Gasteiger partial charge in [0.05, 0.1) is 23.8 Å². The molecule has 0 bridgehead atoms. The number of hydrogen-bond donors (Lipinski definition) is 1. The third kappa shape index (κ3) is 3.79. The molecule has 0 unspecified atom stereocenters. The van der Waals surface area contributed by atoms with Crippen molar-refractivity contribution >= 4 is 39.0 Å². The number of nitrogens with zero attached hydrogens (tertiary/aromatic N) is 7. The molecule has 0 atom stereocenters. The lowest BCUT2D eigenvalue weighted by Crippen LogP contribution is -2.44. The van der Waals surface area contributed by atoms with Gasteiger partial charge in [0.1, 0.15) is 12.1 Å². The van der Waals surface area contributed by atoms with Gasteiger partial charge in [-0.15, -0.1) is 11.3 Å². The quantitative estimate of drug-likeness (QED) is 0.546. The predicted octanol–water partition coefficient (Wildman–Crippen LogP) is 2.83. The van der Waals surface area contributed by atoms with Crippen LogP contribution < -0.4 is 10.2 Å².